The number of fused-ring (bicyclic) bond motifs is 1. The molecule has 0 aromatic rings. The molecule has 0 bridgehead atoms. The van der Waals surface area contributed by atoms with E-state index in [4.69, 9.17) is 0 Å². The molecule has 3 atom stereocenters. The van der Waals surface area contributed by atoms with E-state index in [9.17, 15) is 9.50 Å². The van der Waals surface area contributed by atoms with Crippen molar-refractivity contribution in [1.82, 2.24) is 4.90 Å². The van der Waals surface area contributed by atoms with Gasteiger partial charge in [-0.2, -0.15) is 0 Å². The minimum atomic E-state index is -0.988. The van der Waals surface area contributed by atoms with Crippen LogP contribution < -0.4 is 0 Å². The van der Waals surface area contributed by atoms with Gasteiger partial charge in [0.15, 0.2) is 0 Å². The predicted molar refractivity (Wildman–Crippen MR) is 44.7 cm³/mol. The summed E-state index contributed by atoms with van der Waals surface area (Å²) < 4.78 is 13.2. The summed E-state index contributed by atoms with van der Waals surface area (Å²) in [5.74, 6) is 0. The highest BCUT2D eigenvalue weighted by Gasteiger charge is 2.37. The maximum atomic E-state index is 13.2. The largest absolute Gasteiger partial charge is 0.388 e. The highest BCUT2D eigenvalue weighted by Crippen LogP contribution is 2.27. The van der Waals surface area contributed by atoms with E-state index in [-0.39, 0.29) is 6.04 Å². The van der Waals surface area contributed by atoms with Crippen LogP contribution in [0.2, 0.25) is 0 Å². The summed E-state index contributed by atoms with van der Waals surface area (Å²) in [7, 11) is 0. The third-order valence-corrected chi connectivity index (χ3v) is 3.10. The average molecular weight is 173 g/mol. The summed E-state index contributed by atoms with van der Waals surface area (Å²) in [6.45, 7) is 2.02. The van der Waals surface area contributed by atoms with Crippen LogP contribution >= 0.6 is 0 Å². The third-order valence-electron chi connectivity index (χ3n) is 3.10. The van der Waals surface area contributed by atoms with Gasteiger partial charge in [0.2, 0.25) is 0 Å². The van der Waals surface area contributed by atoms with Crippen molar-refractivity contribution in [2.24, 2.45) is 0 Å². The van der Waals surface area contributed by atoms with Gasteiger partial charge in [-0.05, 0) is 38.8 Å². The topological polar surface area (TPSA) is 23.5 Å². The van der Waals surface area contributed by atoms with Crippen molar-refractivity contribution < 1.29 is 9.50 Å². The maximum absolute atomic E-state index is 13.2. The number of nitrogens with zero attached hydrogens (tertiary/aromatic N) is 1. The molecule has 2 aliphatic rings. The second-order valence-electron chi connectivity index (χ2n) is 3.89. The van der Waals surface area contributed by atoms with Crippen LogP contribution in [0.1, 0.15) is 25.7 Å². The highest BCUT2D eigenvalue weighted by atomic mass is 19.1. The maximum Gasteiger partial charge on any atom is 0.127 e. The smallest absolute Gasteiger partial charge is 0.127 e. The lowest BCUT2D eigenvalue weighted by atomic mass is 10.0. The molecule has 3 heteroatoms. The fourth-order valence-corrected chi connectivity index (χ4v) is 2.42. The molecule has 2 nitrogen and oxygen atoms in total. The molecule has 0 spiro atoms. The van der Waals surface area contributed by atoms with Crippen molar-refractivity contribution in [3.8, 4) is 0 Å². The zero-order valence-electron chi connectivity index (χ0n) is 7.25. The summed E-state index contributed by atoms with van der Waals surface area (Å²) in [5, 5.41) is 9.61. The average Bonchev–Trinajstić information content (AvgIpc) is 2.46. The highest BCUT2D eigenvalue weighted by molar-refractivity contribution is 4.91. The van der Waals surface area contributed by atoms with Crippen LogP contribution in [0.15, 0.2) is 0 Å². The van der Waals surface area contributed by atoms with Crippen molar-refractivity contribution >= 4 is 0 Å². The van der Waals surface area contributed by atoms with Crippen molar-refractivity contribution in [2.75, 3.05) is 13.1 Å². The van der Waals surface area contributed by atoms with Crippen LogP contribution in [0.5, 0.6) is 0 Å². The number of halogens is 1. The van der Waals surface area contributed by atoms with Crippen LogP contribution in [0, 0.1) is 0 Å². The predicted octanol–water partition coefficient (Wildman–Crippen LogP) is 0.944. The van der Waals surface area contributed by atoms with Crippen molar-refractivity contribution in [3.05, 3.63) is 0 Å². The zero-order valence-corrected chi connectivity index (χ0v) is 7.25. The molecule has 0 aromatic carbocycles. The number of alkyl halides is 1. The van der Waals surface area contributed by atoms with Crippen molar-refractivity contribution in [1.29, 1.82) is 0 Å². The molecule has 2 aliphatic heterocycles. The minimum absolute atomic E-state index is 0.113. The number of hydrogen-bond acceptors (Lipinski definition) is 2. The zero-order chi connectivity index (χ0) is 8.55. The number of aliphatic hydroxyl groups is 1. The summed E-state index contributed by atoms with van der Waals surface area (Å²) in [4.78, 5) is 2.24. The lowest BCUT2D eigenvalue weighted by molar-refractivity contribution is 0.0258. The Bertz CT molecular complexity index is 165. The molecular weight excluding hydrogens is 157 g/mol. The van der Waals surface area contributed by atoms with E-state index in [1.54, 1.807) is 0 Å². The lowest BCUT2D eigenvalue weighted by Crippen LogP contribution is -2.41. The Hall–Kier alpha value is -0.150. The monoisotopic (exact) mass is 173 g/mol. The lowest BCUT2D eigenvalue weighted by Gasteiger charge is -2.25. The van der Waals surface area contributed by atoms with Gasteiger partial charge < -0.3 is 5.11 Å². The van der Waals surface area contributed by atoms with E-state index in [0.29, 0.717) is 6.42 Å². The molecular formula is C9H16FNO. The second-order valence-corrected chi connectivity index (χ2v) is 3.89. The first-order valence-electron chi connectivity index (χ1n) is 4.85. The summed E-state index contributed by atoms with van der Waals surface area (Å²) >= 11 is 0. The summed E-state index contributed by atoms with van der Waals surface area (Å²) in [6, 6.07) is 0.113. The van der Waals surface area contributed by atoms with Crippen molar-refractivity contribution in [2.45, 2.75) is 44.0 Å². The number of aliphatic hydroxyl groups excluding tert-OH is 1. The van der Waals surface area contributed by atoms with Gasteiger partial charge >= 0.3 is 0 Å². The van der Waals surface area contributed by atoms with E-state index in [1.165, 1.54) is 0 Å². The Morgan fingerprint density at radius 2 is 1.83 bits per heavy atom. The van der Waals surface area contributed by atoms with E-state index < -0.39 is 12.3 Å². The summed E-state index contributed by atoms with van der Waals surface area (Å²) in [5.41, 5.74) is 0. The summed E-state index contributed by atoms with van der Waals surface area (Å²) in [6.07, 6.45) is 1.81. The SMILES string of the molecule is OC1C(F)CCCN2CCCC12. The Balaban J connectivity index is 2.08. The molecule has 0 amide bonds. The molecule has 0 aliphatic carbocycles. The van der Waals surface area contributed by atoms with E-state index in [1.807, 2.05) is 0 Å². The molecule has 1 N–H and O–H groups in total. The standard InChI is InChI=1S/C9H16FNO/c10-7-3-1-5-11-6-2-4-8(11)9(7)12/h7-9,12H,1-6H2. The Morgan fingerprint density at radius 3 is 2.58 bits per heavy atom. The molecule has 0 saturated carbocycles. The first-order chi connectivity index (χ1) is 5.79. The van der Waals surface area contributed by atoms with Gasteiger partial charge in [-0.1, -0.05) is 0 Å². The fraction of sp³-hybridized carbons (Fsp3) is 1.00. The van der Waals surface area contributed by atoms with Crippen LogP contribution in [-0.2, 0) is 0 Å². The van der Waals surface area contributed by atoms with Crippen LogP contribution in [0.4, 0.5) is 4.39 Å². The second kappa shape index (κ2) is 3.30. The van der Waals surface area contributed by atoms with Gasteiger partial charge in [0.1, 0.15) is 12.3 Å². The minimum Gasteiger partial charge on any atom is -0.388 e. The molecule has 0 radical (unpaired) electrons. The van der Waals surface area contributed by atoms with Gasteiger partial charge in [-0.3, -0.25) is 4.90 Å². The molecule has 2 heterocycles. The first-order valence-corrected chi connectivity index (χ1v) is 4.85. The van der Waals surface area contributed by atoms with Gasteiger partial charge in [-0.15, -0.1) is 0 Å². The van der Waals surface area contributed by atoms with Gasteiger partial charge in [0.05, 0.1) is 0 Å². The van der Waals surface area contributed by atoms with Crippen LogP contribution in [-0.4, -0.2) is 41.4 Å². The Kier molecular flexibility index (Phi) is 2.33. The van der Waals surface area contributed by atoms with E-state index in [0.717, 1.165) is 32.4 Å². The molecule has 2 rings (SSSR count). The number of hydrogen-bond donors (Lipinski definition) is 1. The van der Waals surface area contributed by atoms with Crippen LogP contribution in [0.25, 0.3) is 0 Å². The van der Waals surface area contributed by atoms with Gasteiger partial charge in [0.25, 0.3) is 0 Å². The fourth-order valence-electron chi connectivity index (χ4n) is 2.42. The molecule has 2 fully saturated rings. The number of rotatable bonds is 0. The first kappa shape index (κ1) is 8.45. The van der Waals surface area contributed by atoms with E-state index in [2.05, 4.69) is 4.90 Å². The van der Waals surface area contributed by atoms with E-state index >= 15 is 0 Å². The van der Waals surface area contributed by atoms with Gasteiger partial charge in [0, 0.05) is 6.04 Å². The third kappa shape index (κ3) is 1.36. The molecule has 12 heavy (non-hydrogen) atoms. The van der Waals surface area contributed by atoms with Gasteiger partial charge in [-0.25, -0.2) is 4.39 Å². The molecule has 0 aromatic heterocycles. The Labute approximate surface area is 72.4 Å². The quantitative estimate of drug-likeness (QED) is 0.589. The molecule has 70 valence electrons. The van der Waals surface area contributed by atoms with Crippen molar-refractivity contribution in [3.63, 3.8) is 0 Å². The molecule has 2 saturated heterocycles. The normalized spacial score (nSPS) is 44.0. The molecule has 3 unspecified atom stereocenters. The Morgan fingerprint density at radius 1 is 1.17 bits per heavy atom. The van der Waals surface area contributed by atoms with Crippen LogP contribution in [0.3, 0.4) is 0 Å².